The minimum atomic E-state index is -0.361. The van der Waals surface area contributed by atoms with Crippen molar-refractivity contribution in [2.24, 2.45) is 0 Å². The molecule has 1 aromatic rings. The van der Waals surface area contributed by atoms with E-state index >= 15 is 0 Å². The normalized spacial score (nSPS) is 27.1. The summed E-state index contributed by atoms with van der Waals surface area (Å²) in [5, 5.41) is 10.1. The highest BCUT2D eigenvalue weighted by Crippen LogP contribution is 2.18. The van der Waals surface area contributed by atoms with Crippen LogP contribution in [0.1, 0.15) is 31.9 Å². The Morgan fingerprint density at radius 3 is 2.44 bits per heavy atom. The number of aliphatic hydroxyl groups excluding tert-OH is 1. The van der Waals surface area contributed by atoms with E-state index in [0.29, 0.717) is 12.2 Å². The van der Waals surface area contributed by atoms with Crippen LogP contribution in [0, 0.1) is 0 Å². The van der Waals surface area contributed by atoms with E-state index in [4.69, 9.17) is 4.74 Å². The minimum absolute atomic E-state index is 0.294. The van der Waals surface area contributed by atoms with Gasteiger partial charge in [-0.2, -0.15) is 0 Å². The lowest BCUT2D eigenvalue weighted by Gasteiger charge is -2.35. The predicted octanol–water partition coefficient (Wildman–Crippen LogP) is 2.22. The van der Waals surface area contributed by atoms with Crippen LogP contribution in [-0.4, -0.2) is 41.8 Å². The molecule has 3 heteroatoms. The van der Waals surface area contributed by atoms with E-state index in [0.717, 1.165) is 31.6 Å². The van der Waals surface area contributed by atoms with Crippen LogP contribution < -0.4 is 0 Å². The molecule has 0 radical (unpaired) electrons. The van der Waals surface area contributed by atoms with Crippen molar-refractivity contribution in [3.05, 3.63) is 35.9 Å². The van der Waals surface area contributed by atoms with Gasteiger partial charge in [0.2, 0.25) is 0 Å². The van der Waals surface area contributed by atoms with Gasteiger partial charge in [-0.25, -0.2) is 0 Å². The van der Waals surface area contributed by atoms with Crippen LogP contribution in [0.15, 0.2) is 30.3 Å². The molecule has 1 heterocycles. The number of aliphatic hydroxyl groups is 1. The molecule has 1 fully saturated rings. The molecule has 3 nitrogen and oxygen atoms in total. The highest BCUT2D eigenvalue weighted by atomic mass is 16.5. The van der Waals surface area contributed by atoms with Gasteiger partial charge in [-0.05, 0) is 25.8 Å². The molecule has 0 aliphatic carbocycles. The second-order valence-electron chi connectivity index (χ2n) is 5.23. The lowest BCUT2D eigenvalue weighted by atomic mass is 10.1. The molecule has 1 aromatic carbocycles. The fourth-order valence-electron chi connectivity index (χ4n) is 2.61. The Bertz CT molecular complexity index is 345. The summed E-state index contributed by atoms with van der Waals surface area (Å²) < 4.78 is 5.70. The summed E-state index contributed by atoms with van der Waals surface area (Å²) in [6, 6.07) is 9.88. The maximum atomic E-state index is 10.1. The molecule has 1 aliphatic rings. The number of ether oxygens (including phenoxy) is 1. The largest absolute Gasteiger partial charge is 0.388 e. The van der Waals surface area contributed by atoms with Crippen LogP contribution in [-0.2, 0) is 4.74 Å². The highest BCUT2D eigenvalue weighted by Gasteiger charge is 2.22. The van der Waals surface area contributed by atoms with Gasteiger partial charge >= 0.3 is 0 Å². The Morgan fingerprint density at radius 1 is 1.22 bits per heavy atom. The molecule has 0 amide bonds. The predicted molar refractivity (Wildman–Crippen MR) is 72.5 cm³/mol. The fourth-order valence-corrected chi connectivity index (χ4v) is 2.61. The number of hydrogen-bond acceptors (Lipinski definition) is 3. The van der Waals surface area contributed by atoms with E-state index in [1.165, 1.54) is 0 Å². The maximum absolute atomic E-state index is 10.1. The highest BCUT2D eigenvalue weighted by molar-refractivity contribution is 5.17. The van der Waals surface area contributed by atoms with Crippen LogP contribution >= 0.6 is 0 Å². The van der Waals surface area contributed by atoms with E-state index in [1.807, 2.05) is 30.3 Å². The molecule has 1 saturated heterocycles. The standard InChI is InChI=1S/C15H23NO2/c1-12-10-16(11-13(2)18-12)9-8-15(17)14-6-4-3-5-7-14/h3-7,12-13,15,17H,8-11H2,1-2H3. The van der Waals surface area contributed by atoms with Gasteiger partial charge in [0.15, 0.2) is 0 Å². The molecule has 1 N–H and O–H groups in total. The zero-order valence-electron chi connectivity index (χ0n) is 11.2. The first-order valence-electron chi connectivity index (χ1n) is 6.76. The summed E-state index contributed by atoms with van der Waals surface area (Å²) in [6.45, 7) is 7.07. The number of hydrogen-bond donors (Lipinski definition) is 1. The monoisotopic (exact) mass is 249 g/mol. The Balaban J connectivity index is 1.81. The molecule has 0 spiro atoms. The molecule has 0 bridgehead atoms. The molecule has 3 atom stereocenters. The number of benzene rings is 1. The molecule has 0 saturated carbocycles. The minimum Gasteiger partial charge on any atom is -0.388 e. The van der Waals surface area contributed by atoms with Crippen molar-refractivity contribution in [3.63, 3.8) is 0 Å². The topological polar surface area (TPSA) is 32.7 Å². The number of morpholine rings is 1. The Kier molecular flexibility index (Phi) is 4.75. The number of nitrogens with zero attached hydrogens (tertiary/aromatic N) is 1. The average molecular weight is 249 g/mol. The van der Waals surface area contributed by atoms with E-state index in [1.54, 1.807) is 0 Å². The molecular formula is C15H23NO2. The van der Waals surface area contributed by atoms with Gasteiger partial charge in [-0.15, -0.1) is 0 Å². The molecular weight excluding hydrogens is 226 g/mol. The Morgan fingerprint density at radius 2 is 1.83 bits per heavy atom. The van der Waals surface area contributed by atoms with Crippen molar-refractivity contribution in [1.82, 2.24) is 4.90 Å². The van der Waals surface area contributed by atoms with Crippen molar-refractivity contribution < 1.29 is 9.84 Å². The summed E-state index contributed by atoms with van der Waals surface area (Å²) in [5.74, 6) is 0. The van der Waals surface area contributed by atoms with Crippen LogP contribution in [0.3, 0.4) is 0 Å². The van der Waals surface area contributed by atoms with Crippen molar-refractivity contribution in [2.45, 2.75) is 38.6 Å². The van der Waals surface area contributed by atoms with Crippen LogP contribution in [0.25, 0.3) is 0 Å². The van der Waals surface area contributed by atoms with Gasteiger partial charge in [-0.1, -0.05) is 30.3 Å². The summed E-state index contributed by atoms with van der Waals surface area (Å²) in [6.07, 6.45) is 1.01. The average Bonchev–Trinajstić information content (AvgIpc) is 2.36. The summed E-state index contributed by atoms with van der Waals surface area (Å²) in [5.41, 5.74) is 1.01. The molecule has 0 aromatic heterocycles. The zero-order chi connectivity index (χ0) is 13.0. The second-order valence-corrected chi connectivity index (χ2v) is 5.23. The molecule has 3 unspecified atom stereocenters. The SMILES string of the molecule is CC1CN(CCC(O)c2ccccc2)CC(C)O1. The van der Waals surface area contributed by atoms with Crippen molar-refractivity contribution in [3.8, 4) is 0 Å². The van der Waals surface area contributed by atoms with Gasteiger partial charge in [0, 0.05) is 19.6 Å². The van der Waals surface area contributed by atoms with E-state index in [9.17, 15) is 5.11 Å². The Hall–Kier alpha value is -0.900. The van der Waals surface area contributed by atoms with Crippen LogP contribution in [0.4, 0.5) is 0 Å². The lowest BCUT2D eigenvalue weighted by molar-refractivity contribution is -0.0702. The quantitative estimate of drug-likeness (QED) is 0.888. The van der Waals surface area contributed by atoms with Gasteiger partial charge in [0.1, 0.15) is 0 Å². The smallest absolute Gasteiger partial charge is 0.0802 e. The first-order valence-corrected chi connectivity index (χ1v) is 6.76. The van der Waals surface area contributed by atoms with E-state index in [-0.39, 0.29) is 6.10 Å². The molecule has 2 rings (SSSR count). The van der Waals surface area contributed by atoms with Crippen molar-refractivity contribution in [1.29, 1.82) is 0 Å². The van der Waals surface area contributed by atoms with Crippen LogP contribution in [0.5, 0.6) is 0 Å². The lowest BCUT2D eigenvalue weighted by Crippen LogP contribution is -2.45. The summed E-state index contributed by atoms with van der Waals surface area (Å²) >= 11 is 0. The van der Waals surface area contributed by atoms with Gasteiger partial charge < -0.3 is 9.84 Å². The molecule has 100 valence electrons. The molecule has 1 aliphatic heterocycles. The first kappa shape index (κ1) is 13.5. The third-order valence-electron chi connectivity index (χ3n) is 3.40. The zero-order valence-corrected chi connectivity index (χ0v) is 11.2. The van der Waals surface area contributed by atoms with Gasteiger partial charge in [0.05, 0.1) is 18.3 Å². The first-order chi connectivity index (χ1) is 8.65. The van der Waals surface area contributed by atoms with Crippen molar-refractivity contribution in [2.75, 3.05) is 19.6 Å². The van der Waals surface area contributed by atoms with Gasteiger partial charge in [-0.3, -0.25) is 4.90 Å². The maximum Gasteiger partial charge on any atom is 0.0802 e. The van der Waals surface area contributed by atoms with Crippen LogP contribution in [0.2, 0.25) is 0 Å². The fraction of sp³-hybridized carbons (Fsp3) is 0.600. The third-order valence-corrected chi connectivity index (χ3v) is 3.40. The van der Waals surface area contributed by atoms with Crippen molar-refractivity contribution >= 4 is 0 Å². The second kappa shape index (κ2) is 6.32. The third kappa shape index (κ3) is 3.80. The summed E-state index contributed by atoms with van der Waals surface area (Å²) in [7, 11) is 0. The van der Waals surface area contributed by atoms with E-state index < -0.39 is 0 Å². The number of rotatable bonds is 4. The van der Waals surface area contributed by atoms with E-state index in [2.05, 4.69) is 18.7 Å². The summed E-state index contributed by atoms with van der Waals surface area (Å²) in [4.78, 5) is 2.38. The molecule has 18 heavy (non-hydrogen) atoms. The van der Waals surface area contributed by atoms with Gasteiger partial charge in [0.25, 0.3) is 0 Å². The Labute approximate surface area is 109 Å².